The third-order valence-electron chi connectivity index (χ3n) is 7.56. The Morgan fingerprint density at radius 3 is 1.84 bits per heavy atom. The van der Waals surface area contributed by atoms with Crippen molar-refractivity contribution in [2.45, 2.75) is 103 Å². The lowest BCUT2D eigenvalue weighted by Gasteiger charge is -2.37. The van der Waals surface area contributed by atoms with E-state index in [1.165, 1.54) is 77.0 Å². The maximum absolute atomic E-state index is 11.3. The molecule has 0 atom stereocenters. The van der Waals surface area contributed by atoms with Gasteiger partial charge in [-0.1, -0.05) is 19.8 Å². The first-order valence-electron chi connectivity index (χ1n) is 11.2. The standard InChI is InChI=1S/C23H40O2/c1-17-3-9-21(10-4-17)22-11-5-20(6-12-22)16-25-23-13-7-19(8-14-23)15-18(2)24/h17,19-23H,3-16H2,1-2H3. The largest absolute Gasteiger partial charge is 0.378 e. The predicted molar refractivity (Wildman–Crippen MR) is 104 cm³/mol. The molecule has 3 aliphatic rings. The number of Topliss-reactive ketones (excluding diaryl/α,β-unsaturated/α-hetero) is 1. The van der Waals surface area contributed by atoms with Crippen molar-refractivity contribution in [2.75, 3.05) is 6.61 Å². The van der Waals surface area contributed by atoms with Crippen LogP contribution in [0.25, 0.3) is 0 Å². The maximum atomic E-state index is 11.3. The second kappa shape index (κ2) is 9.53. The number of ketones is 1. The summed E-state index contributed by atoms with van der Waals surface area (Å²) in [6.45, 7) is 5.15. The zero-order chi connectivity index (χ0) is 17.6. The van der Waals surface area contributed by atoms with E-state index in [-0.39, 0.29) is 0 Å². The molecule has 0 aromatic heterocycles. The van der Waals surface area contributed by atoms with Crippen molar-refractivity contribution < 1.29 is 9.53 Å². The smallest absolute Gasteiger partial charge is 0.130 e. The van der Waals surface area contributed by atoms with Crippen molar-refractivity contribution in [3.63, 3.8) is 0 Å². The normalized spacial score (nSPS) is 39.9. The van der Waals surface area contributed by atoms with Crippen molar-refractivity contribution in [3.05, 3.63) is 0 Å². The summed E-state index contributed by atoms with van der Waals surface area (Å²) in [6, 6.07) is 0. The molecule has 0 amide bonds. The lowest BCUT2D eigenvalue weighted by Crippen LogP contribution is -2.29. The first-order valence-corrected chi connectivity index (χ1v) is 11.2. The van der Waals surface area contributed by atoms with E-state index in [4.69, 9.17) is 4.74 Å². The summed E-state index contributed by atoms with van der Waals surface area (Å²) >= 11 is 0. The third-order valence-corrected chi connectivity index (χ3v) is 7.56. The molecule has 0 bridgehead atoms. The second-order valence-corrected chi connectivity index (χ2v) is 9.68. The predicted octanol–water partition coefficient (Wildman–Crippen LogP) is 6.17. The van der Waals surface area contributed by atoms with Crippen LogP contribution in [0.3, 0.4) is 0 Å². The van der Waals surface area contributed by atoms with Gasteiger partial charge >= 0.3 is 0 Å². The Labute approximate surface area is 155 Å². The van der Waals surface area contributed by atoms with E-state index in [2.05, 4.69) is 6.92 Å². The van der Waals surface area contributed by atoms with E-state index in [1.54, 1.807) is 6.92 Å². The average Bonchev–Trinajstić information content (AvgIpc) is 2.62. The summed E-state index contributed by atoms with van der Waals surface area (Å²) in [7, 11) is 0. The molecule has 0 spiro atoms. The monoisotopic (exact) mass is 348 g/mol. The molecule has 3 saturated carbocycles. The minimum Gasteiger partial charge on any atom is -0.378 e. The molecule has 0 aromatic carbocycles. The van der Waals surface area contributed by atoms with Crippen molar-refractivity contribution in [1.82, 2.24) is 0 Å². The zero-order valence-electron chi connectivity index (χ0n) is 16.7. The van der Waals surface area contributed by atoms with E-state index in [9.17, 15) is 4.79 Å². The van der Waals surface area contributed by atoms with E-state index in [0.29, 0.717) is 17.8 Å². The number of rotatable bonds is 6. The van der Waals surface area contributed by atoms with E-state index < -0.39 is 0 Å². The van der Waals surface area contributed by atoms with Crippen LogP contribution in [0.2, 0.25) is 0 Å². The van der Waals surface area contributed by atoms with Crippen LogP contribution >= 0.6 is 0 Å². The van der Waals surface area contributed by atoms with Gasteiger partial charge < -0.3 is 9.53 Å². The molecule has 0 heterocycles. The lowest BCUT2D eigenvalue weighted by atomic mass is 9.69. The molecule has 3 fully saturated rings. The van der Waals surface area contributed by atoms with Crippen LogP contribution in [-0.2, 0) is 9.53 Å². The molecule has 25 heavy (non-hydrogen) atoms. The lowest BCUT2D eigenvalue weighted by molar-refractivity contribution is -0.118. The number of carbonyl (C=O) groups excluding carboxylic acids is 1. The summed E-state index contributed by atoms with van der Waals surface area (Å²) in [5, 5.41) is 0. The highest BCUT2D eigenvalue weighted by atomic mass is 16.5. The van der Waals surface area contributed by atoms with Gasteiger partial charge in [0.05, 0.1) is 6.10 Å². The van der Waals surface area contributed by atoms with E-state index in [1.807, 2.05) is 0 Å². The minimum atomic E-state index is 0.355. The number of ether oxygens (including phenoxy) is 1. The summed E-state index contributed by atoms with van der Waals surface area (Å²) in [5.74, 6) is 4.83. The Morgan fingerprint density at radius 1 is 0.760 bits per heavy atom. The Hall–Kier alpha value is -0.370. The van der Waals surface area contributed by atoms with Gasteiger partial charge in [-0.15, -0.1) is 0 Å². The quantitative estimate of drug-likeness (QED) is 0.573. The molecular formula is C23H40O2. The first-order chi connectivity index (χ1) is 12.1. The average molecular weight is 349 g/mol. The molecule has 3 aliphatic carbocycles. The molecule has 2 nitrogen and oxygen atoms in total. The highest BCUT2D eigenvalue weighted by molar-refractivity contribution is 5.75. The minimum absolute atomic E-state index is 0.355. The van der Waals surface area contributed by atoms with Crippen LogP contribution in [0.1, 0.15) is 97.3 Å². The van der Waals surface area contributed by atoms with Crippen LogP contribution in [0, 0.1) is 29.6 Å². The van der Waals surface area contributed by atoms with Gasteiger partial charge in [-0.25, -0.2) is 0 Å². The highest BCUT2D eigenvalue weighted by Gasteiger charge is 2.30. The van der Waals surface area contributed by atoms with Crippen LogP contribution < -0.4 is 0 Å². The van der Waals surface area contributed by atoms with Crippen molar-refractivity contribution in [2.24, 2.45) is 29.6 Å². The van der Waals surface area contributed by atoms with Crippen molar-refractivity contribution in [1.29, 1.82) is 0 Å². The molecule has 2 heteroatoms. The van der Waals surface area contributed by atoms with Crippen LogP contribution in [-0.4, -0.2) is 18.5 Å². The van der Waals surface area contributed by atoms with Crippen LogP contribution in [0.4, 0.5) is 0 Å². The summed E-state index contributed by atoms with van der Waals surface area (Å²) < 4.78 is 6.29. The maximum Gasteiger partial charge on any atom is 0.130 e. The summed E-state index contributed by atoms with van der Waals surface area (Å²) in [5.41, 5.74) is 0. The fourth-order valence-electron chi connectivity index (χ4n) is 5.76. The van der Waals surface area contributed by atoms with Gasteiger partial charge in [-0.05, 0) is 101 Å². The highest BCUT2D eigenvalue weighted by Crippen LogP contribution is 2.41. The summed E-state index contributed by atoms with van der Waals surface area (Å²) in [4.78, 5) is 11.3. The first kappa shape index (κ1) is 19.4. The van der Waals surface area contributed by atoms with Gasteiger partial charge in [-0.2, -0.15) is 0 Å². The molecule has 144 valence electrons. The van der Waals surface area contributed by atoms with Gasteiger partial charge in [0.15, 0.2) is 0 Å². The fraction of sp³-hybridized carbons (Fsp3) is 0.957. The van der Waals surface area contributed by atoms with Gasteiger partial charge in [-0.3, -0.25) is 0 Å². The van der Waals surface area contributed by atoms with Crippen molar-refractivity contribution >= 4 is 5.78 Å². The number of carbonyl (C=O) groups is 1. The van der Waals surface area contributed by atoms with E-state index >= 15 is 0 Å². The third kappa shape index (κ3) is 6.08. The van der Waals surface area contributed by atoms with Crippen LogP contribution in [0.5, 0.6) is 0 Å². The Morgan fingerprint density at radius 2 is 1.28 bits per heavy atom. The van der Waals surface area contributed by atoms with E-state index in [0.717, 1.165) is 36.7 Å². The van der Waals surface area contributed by atoms with Gasteiger partial charge in [0.25, 0.3) is 0 Å². The Kier molecular flexibility index (Phi) is 7.39. The van der Waals surface area contributed by atoms with Gasteiger partial charge in [0, 0.05) is 13.0 Å². The Balaban J connectivity index is 1.29. The Bertz CT molecular complexity index is 394. The SMILES string of the molecule is CC(=O)CC1CCC(OCC2CCC(C3CCC(C)CC3)CC2)CC1. The molecule has 3 rings (SSSR count). The molecule has 0 N–H and O–H groups in total. The molecular weight excluding hydrogens is 308 g/mol. The number of hydrogen-bond donors (Lipinski definition) is 0. The summed E-state index contributed by atoms with van der Waals surface area (Å²) in [6.07, 6.45) is 17.6. The fourth-order valence-corrected chi connectivity index (χ4v) is 5.76. The van der Waals surface area contributed by atoms with Gasteiger partial charge in [0.1, 0.15) is 5.78 Å². The second-order valence-electron chi connectivity index (χ2n) is 9.68. The van der Waals surface area contributed by atoms with Crippen LogP contribution in [0.15, 0.2) is 0 Å². The zero-order valence-corrected chi connectivity index (χ0v) is 16.7. The molecule has 0 aromatic rings. The topological polar surface area (TPSA) is 26.3 Å². The van der Waals surface area contributed by atoms with Gasteiger partial charge in [0.2, 0.25) is 0 Å². The molecule has 0 radical (unpaired) electrons. The molecule has 0 saturated heterocycles. The van der Waals surface area contributed by atoms with Crippen molar-refractivity contribution in [3.8, 4) is 0 Å². The number of hydrogen-bond acceptors (Lipinski definition) is 2. The molecule has 0 unspecified atom stereocenters. The molecule has 0 aliphatic heterocycles.